The van der Waals surface area contributed by atoms with Crippen molar-refractivity contribution < 1.29 is 4.79 Å². The Kier molecular flexibility index (Phi) is 5.96. The Morgan fingerprint density at radius 2 is 1.96 bits per heavy atom. The summed E-state index contributed by atoms with van der Waals surface area (Å²) in [5.41, 5.74) is 1.60. The molecule has 0 aliphatic heterocycles. The van der Waals surface area contributed by atoms with Crippen LogP contribution >= 0.6 is 11.3 Å². The molecule has 0 saturated carbocycles. The highest BCUT2D eigenvalue weighted by atomic mass is 32.1. The summed E-state index contributed by atoms with van der Waals surface area (Å²) in [4.78, 5) is 25.5. The summed E-state index contributed by atoms with van der Waals surface area (Å²) in [6.45, 7) is 2.70. The average Bonchev–Trinajstić information content (AvgIpc) is 3.19. The first kappa shape index (κ1) is 18.1. The van der Waals surface area contributed by atoms with Gasteiger partial charge in [-0.05, 0) is 29.5 Å². The van der Waals surface area contributed by atoms with Crippen molar-refractivity contribution in [2.24, 2.45) is 0 Å². The quantitative estimate of drug-likeness (QED) is 0.697. The van der Waals surface area contributed by atoms with E-state index in [1.165, 1.54) is 10.7 Å². The van der Waals surface area contributed by atoms with Crippen molar-refractivity contribution in [3.8, 4) is 10.6 Å². The number of benzene rings is 1. The minimum Gasteiger partial charge on any atom is -0.354 e. The van der Waals surface area contributed by atoms with Gasteiger partial charge in [-0.25, -0.2) is 4.68 Å². The van der Waals surface area contributed by atoms with Crippen LogP contribution in [0.3, 0.4) is 0 Å². The molecule has 0 aliphatic carbocycles. The molecule has 1 unspecified atom stereocenters. The molecule has 1 atom stereocenters. The Bertz CT molecular complexity index is 904. The standard InChI is InChI=1S/C20H21N3O2S/c1-2-16(15-7-4-3-5-8-15)20(25)21-12-13-23-19(24)11-10-17(22-23)18-9-6-14-26-18/h3-11,14,16H,2,12-13H2,1H3,(H,21,25). The van der Waals surface area contributed by atoms with Crippen molar-refractivity contribution in [3.05, 3.63) is 75.9 Å². The average molecular weight is 367 g/mol. The Labute approximate surface area is 156 Å². The molecule has 26 heavy (non-hydrogen) atoms. The highest BCUT2D eigenvalue weighted by Crippen LogP contribution is 2.21. The third kappa shape index (κ3) is 4.26. The first-order valence-electron chi connectivity index (χ1n) is 8.63. The molecule has 3 aromatic rings. The van der Waals surface area contributed by atoms with E-state index in [9.17, 15) is 9.59 Å². The number of hydrogen-bond donors (Lipinski definition) is 1. The molecule has 1 aromatic carbocycles. The lowest BCUT2D eigenvalue weighted by Crippen LogP contribution is -2.34. The second kappa shape index (κ2) is 8.58. The summed E-state index contributed by atoms with van der Waals surface area (Å²) >= 11 is 1.58. The van der Waals surface area contributed by atoms with Gasteiger partial charge in [-0.1, -0.05) is 43.3 Å². The van der Waals surface area contributed by atoms with Crippen molar-refractivity contribution >= 4 is 17.2 Å². The second-order valence-corrected chi connectivity index (χ2v) is 6.87. The molecule has 1 amide bonds. The van der Waals surface area contributed by atoms with Gasteiger partial charge in [0, 0.05) is 12.6 Å². The number of nitrogens with one attached hydrogen (secondary N) is 1. The van der Waals surface area contributed by atoms with Gasteiger partial charge in [0.1, 0.15) is 5.69 Å². The maximum atomic E-state index is 12.5. The number of nitrogens with zero attached hydrogens (tertiary/aromatic N) is 2. The van der Waals surface area contributed by atoms with E-state index in [4.69, 9.17) is 0 Å². The van der Waals surface area contributed by atoms with Gasteiger partial charge in [0.25, 0.3) is 5.56 Å². The molecule has 1 N–H and O–H groups in total. The van der Waals surface area contributed by atoms with Crippen molar-refractivity contribution in [3.63, 3.8) is 0 Å². The van der Waals surface area contributed by atoms with E-state index < -0.39 is 0 Å². The van der Waals surface area contributed by atoms with Crippen LogP contribution in [0.15, 0.2) is 64.8 Å². The Hall–Kier alpha value is -2.73. The van der Waals surface area contributed by atoms with Crippen LogP contribution in [0.2, 0.25) is 0 Å². The Morgan fingerprint density at radius 1 is 1.15 bits per heavy atom. The molecule has 5 nitrogen and oxygen atoms in total. The zero-order valence-corrected chi connectivity index (χ0v) is 15.4. The van der Waals surface area contributed by atoms with Gasteiger partial charge in [-0.2, -0.15) is 5.10 Å². The first-order chi connectivity index (χ1) is 12.7. The number of carbonyl (C=O) groups excluding carboxylic acids is 1. The number of hydrogen-bond acceptors (Lipinski definition) is 4. The molecule has 0 saturated heterocycles. The molecule has 0 aliphatic rings. The predicted octanol–water partition coefficient (Wildman–Crippen LogP) is 3.28. The topological polar surface area (TPSA) is 64.0 Å². The van der Waals surface area contributed by atoms with E-state index in [-0.39, 0.29) is 17.4 Å². The lowest BCUT2D eigenvalue weighted by atomic mass is 9.96. The fraction of sp³-hybridized carbons (Fsp3) is 0.250. The monoisotopic (exact) mass is 367 g/mol. The van der Waals surface area contributed by atoms with Crippen molar-refractivity contribution in [1.29, 1.82) is 0 Å². The molecular formula is C20H21N3O2S. The zero-order chi connectivity index (χ0) is 18.4. The van der Waals surface area contributed by atoms with E-state index >= 15 is 0 Å². The fourth-order valence-electron chi connectivity index (χ4n) is 2.83. The maximum Gasteiger partial charge on any atom is 0.266 e. The summed E-state index contributed by atoms with van der Waals surface area (Å²) in [5, 5.41) is 9.30. The molecule has 2 heterocycles. The van der Waals surface area contributed by atoms with Gasteiger partial charge in [0.05, 0.1) is 17.3 Å². The van der Waals surface area contributed by atoms with Gasteiger partial charge in [-0.3, -0.25) is 9.59 Å². The largest absolute Gasteiger partial charge is 0.354 e. The van der Waals surface area contributed by atoms with E-state index in [0.29, 0.717) is 13.1 Å². The van der Waals surface area contributed by atoms with Gasteiger partial charge >= 0.3 is 0 Å². The van der Waals surface area contributed by atoms with E-state index in [0.717, 1.165) is 22.6 Å². The normalized spacial score (nSPS) is 11.9. The summed E-state index contributed by atoms with van der Waals surface area (Å²) in [6, 6.07) is 16.9. The summed E-state index contributed by atoms with van der Waals surface area (Å²) in [6.07, 6.45) is 0.724. The highest BCUT2D eigenvalue weighted by molar-refractivity contribution is 7.13. The summed E-state index contributed by atoms with van der Waals surface area (Å²) in [7, 11) is 0. The van der Waals surface area contributed by atoms with Crippen molar-refractivity contribution in [1.82, 2.24) is 15.1 Å². The maximum absolute atomic E-state index is 12.5. The molecule has 0 fully saturated rings. The second-order valence-electron chi connectivity index (χ2n) is 5.92. The minimum atomic E-state index is -0.182. The predicted molar refractivity (Wildman–Crippen MR) is 104 cm³/mol. The van der Waals surface area contributed by atoms with E-state index in [2.05, 4.69) is 10.4 Å². The zero-order valence-electron chi connectivity index (χ0n) is 14.6. The highest BCUT2D eigenvalue weighted by Gasteiger charge is 2.17. The summed E-state index contributed by atoms with van der Waals surface area (Å²) in [5.74, 6) is -0.209. The molecular weight excluding hydrogens is 346 g/mol. The fourth-order valence-corrected chi connectivity index (χ4v) is 3.52. The third-order valence-electron chi connectivity index (χ3n) is 4.19. The van der Waals surface area contributed by atoms with E-state index in [1.807, 2.05) is 54.8 Å². The number of amides is 1. The minimum absolute atomic E-state index is 0.0267. The van der Waals surface area contributed by atoms with Crippen molar-refractivity contribution in [2.45, 2.75) is 25.8 Å². The lowest BCUT2D eigenvalue weighted by molar-refractivity contribution is -0.122. The van der Waals surface area contributed by atoms with Crippen LogP contribution in [-0.2, 0) is 11.3 Å². The Morgan fingerprint density at radius 3 is 2.65 bits per heavy atom. The number of carbonyl (C=O) groups is 1. The molecule has 2 aromatic heterocycles. The summed E-state index contributed by atoms with van der Waals surface area (Å²) < 4.78 is 1.40. The van der Waals surface area contributed by atoms with Crippen LogP contribution in [0.1, 0.15) is 24.8 Å². The molecule has 0 spiro atoms. The number of rotatable bonds is 7. The lowest BCUT2D eigenvalue weighted by Gasteiger charge is -2.15. The van der Waals surface area contributed by atoms with Crippen LogP contribution in [0.5, 0.6) is 0 Å². The third-order valence-corrected chi connectivity index (χ3v) is 5.08. The van der Waals surface area contributed by atoms with Crippen LogP contribution in [-0.4, -0.2) is 22.2 Å². The SMILES string of the molecule is CCC(C(=O)NCCn1nc(-c2cccs2)ccc1=O)c1ccccc1. The Balaban J connectivity index is 1.63. The number of thiophene rings is 1. The van der Waals surface area contributed by atoms with Crippen LogP contribution in [0.4, 0.5) is 0 Å². The van der Waals surface area contributed by atoms with Gasteiger partial charge < -0.3 is 5.32 Å². The van der Waals surface area contributed by atoms with Gasteiger partial charge in [0.2, 0.25) is 5.91 Å². The van der Waals surface area contributed by atoms with Crippen molar-refractivity contribution in [2.75, 3.05) is 6.54 Å². The number of aromatic nitrogens is 2. The molecule has 0 radical (unpaired) electrons. The van der Waals surface area contributed by atoms with Crippen LogP contribution < -0.4 is 10.9 Å². The first-order valence-corrected chi connectivity index (χ1v) is 9.51. The smallest absolute Gasteiger partial charge is 0.266 e. The molecule has 0 bridgehead atoms. The van der Waals surface area contributed by atoms with Crippen LogP contribution in [0.25, 0.3) is 10.6 Å². The molecule has 3 rings (SSSR count). The molecule has 134 valence electrons. The van der Waals surface area contributed by atoms with Crippen LogP contribution in [0, 0.1) is 0 Å². The molecule has 6 heteroatoms. The van der Waals surface area contributed by atoms with E-state index in [1.54, 1.807) is 17.4 Å². The van der Waals surface area contributed by atoms with Gasteiger partial charge in [0.15, 0.2) is 0 Å². The van der Waals surface area contributed by atoms with Gasteiger partial charge in [-0.15, -0.1) is 11.3 Å².